The van der Waals surface area contributed by atoms with E-state index in [1.807, 2.05) is 39.8 Å². The quantitative estimate of drug-likeness (QED) is 0.721. The Bertz CT molecular complexity index is 496. The lowest BCUT2D eigenvalue weighted by atomic mass is 9.98. The van der Waals surface area contributed by atoms with Gasteiger partial charge >= 0.3 is 0 Å². The number of aryl methyl sites for hydroxylation is 2. The van der Waals surface area contributed by atoms with Gasteiger partial charge in [0, 0.05) is 12.3 Å². The van der Waals surface area contributed by atoms with Crippen LogP contribution in [0.5, 0.6) is 5.75 Å². The van der Waals surface area contributed by atoms with Crippen molar-refractivity contribution in [3.05, 3.63) is 23.3 Å². The second kappa shape index (κ2) is 8.92. The number of carbonyl (C=O) groups excluding carboxylic acids is 1. The number of carbonyl (C=O) groups is 1. The molecule has 0 aliphatic heterocycles. The molecule has 0 unspecified atom stereocenters. The SMILES string of the molecule is CCCOc1c(C)cc(NC(=O)[C@](C)(CCC)OCC)cc1C. The Kier molecular flexibility index (Phi) is 7.56. The van der Waals surface area contributed by atoms with Crippen molar-refractivity contribution in [3.8, 4) is 5.75 Å². The molecule has 1 N–H and O–H groups in total. The summed E-state index contributed by atoms with van der Waals surface area (Å²) in [6.45, 7) is 13.1. The highest BCUT2D eigenvalue weighted by atomic mass is 16.5. The zero-order valence-corrected chi connectivity index (χ0v) is 15.4. The van der Waals surface area contributed by atoms with E-state index in [4.69, 9.17) is 9.47 Å². The van der Waals surface area contributed by atoms with Crippen molar-refractivity contribution in [2.24, 2.45) is 0 Å². The van der Waals surface area contributed by atoms with Crippen molar-refractivity contribution < 1.29 is 14.3 Å². The van der Waals surface area contributed by atoms with E-state index in [0.29, 0.717) is 19.6 Å². The van der Waals surface area contributed by atoms with Gasteiger partial charge in [0.2, 0.25) is 0 Å². The molecule has 0 spiro atoms. The van der Waals surface area contributed by atoms with E-state index in [1.54, 1.807) is 0 Å². The molecule has 0 saturated carbocycles. The first-order valence-corrected chi connectivity index (χ1v) is 8.57. The van der Waals surface area contributed by atoms with Crippen molar-refractivity contribution in [3.63, 3.8) is 0 Å². The lowest BCUT2D eigenvalue weighted by Gasteiger charge is -2.28. The van der Waals surface area contributed by atoms with Crippen LogP contribution in [0.25, 0.3) is 0 Å². The molecule has 0 bridgehead atoms. The second-order valence-electron chi connectivity index (χ2n) is 6.16. The molecule has 1 aromatic rings. The van der Waals surface area contributed by atoms with Crippen LogP contribution in [0, 0.1) is 13.8 Å². The molecule has 23 heavy (non-hydrogen) atoms. The van der Waals surface area contributed by atoms with Crippen LogP contribution >= 0.6 is 0 Å². The van der Waals surface area contributed by atoms with Gasteiger partial charge in [0.1, 0.15) is 11.4 Å². The van der Waals surface area contributed by atoms with Crippen LogP contribution in [0.2, 0.25) is 0 Å². The summed E-state index contributed by atoms with van der Waals surface area (Å²) in [5, 5.41) is 3.00. The Labute approximate surface area is 140 Å². The van der Waals surface area contributed by atoms with Crippen molar-refractivity contribution in [2.75, 3.05) is 18.5 Å². The Hall–Kier alpha value is -1.55. The first-order valence-electron chi connectivity index (χ1n) is 8.57. The van der Waals surface area contributed by atoms with Crippen molar-refractivity contribution >= 4 is 11.6 Å². The third-order valence-corrected chi connectivity index (χ3v) is 3.84. The third kappa shape index (κ3) is 5.24. The molecular weight excluding hydrogens is 290 g/mol. The van der Waals surface area contributed by atoms with E-state index < -0.39 is 5.60 Å². The van der Waals surface area contributed by atoms with Crippen molar-refractivity contribution in [1.82, 2.24) is 0 Å². The van der Waals surface area contributed by atoms with E-state index in [0.717, 1.165) is 35.4 Å². The number of hydrogen-bond acceptors (Lipinski definition) is 3. The molecular formula is C19H31NO3. The number of anilines is 1. The van der Waals surface area contributed by atoms with Crippen molar-refractivity contribution in [2.45, 2.75) is 66.4 Å². The van der Waals surface area contributed by atoms with Gasteiger partial charge in [-0.3, -0.25) is 4.79 Å². The van der Waals surface area contributed by atoms with Gasteiger partial charge in [0.05, 0.1) is 6.61 Å². The number of rotatable bonds is 9. The Morgan fingerprint density at radius 2 is 1.74 bits per heavy atom. The Morgan fingerprint density at radius 1 is 1.13 bits per heavy atom. The van der Waals surface area contributed by atoms with E-state index in [1.165, 1.54) is 0 Å². The summed E-state index contributed by atoms with van der Waals surface area (Å²) in [6, 6.07) is 3.91. The maximum Gasteiger partial charge on any atom is 0.256 e. The molecule has 0 radical (unpaired) electrons. The fraction of sp³-hybridized carbons (Fsp3) is 0.632. The highest BCUT2D eigenvalue weighted by molar-refractivity contribution is 5.97. The van der Waals surface area contributed by atoms with Gasteiger partial charge in [-0.2, -0.15) is 0 Å². The van der Waals surface area contributed by atoms with E-state index >= 15 is 0 Å². The summed E-state index contributed by atoms with van der Waals surface area (Å²) in [5.74, 6) is 0.813. The van der Waals surface area contributed by atoms with Gasteiger partial charge in [0.25, 0.3) is 5.91 Å². The first-order chi connectivity index (χ1) is 10.9. The molecule has 0 fully saturated rings. The molecule has 0 aliphatic rings. The molecule has 4 heteroatoms. The topological polar surface area (TPSA) is 47.6 Å². The number of benzene rings is 1. The summed E-state index contributed by atoms with van der Waals surface area (Å²) < 4.78 is 11.5. The molecule has 0 heterocycles. The zero-order chi connectivity index (χ0) is 17.5. The maximum absolute atomic E-state index is 12.6. The average Bonchev–Trinajstić information content (AvgIpc) is 2.47. The van der Waals surface area contributed by atoms with Crippen LogP contribution < -0.4 is 10.1 Å². The number of nitrogens with one attached hydrogen (secondary N) is 1. The maximum atomic E-state index is 12.6. The van der Waals surface area contributed by atoms with Crippen LogP contribution in [0.3, 0.4) is 0 Å². The van der Waals surface area contributed by atoms with Crippen LogP contribution in [0.15, 0.2) is 12.1 Å². The number of ether oxygens (including phenoxy) is 2. The van der Waals surface area contributed by atoms with Gasteiger partial charge in [0.15, 0.2) is 0 Å². The van der Waals surface area contributed by atoms with E-state index in [-0.39, 0.29) is 5.91 Å². The highest BCUT2D eigenvalue weighted by Crippen LogP contribution is 2.28. The predicted molar refractivity (Wildman–Crippen MR) is 95.3 cm³/mol. The Morgan fingerprint density at radius 3 is 2.22 bits per heavy atom. The van der Waals surface area contributed by atoms with Crippen LogP contribution in [-0.2, 0) is 9.53 Å². The minimum atomic E-state index is -0.789. The van der Waals surface area contributed by atoms with E-state index in [2.05, 4.69) is 19.2 Å². The Balaban J connectivity index is 2.93. The van der Waals surface area contributed by atoms with Crippen LogP contribution in [-0.4, -0.2) is 24.7 Å². The van der Waals surface area contributed by atoms with Gasteiger partial charge < -0.3 is 14.8 Å². The standard InChI is InChI=1S/C19H31NO3/c1-7-10-19(6,23-9-3)18(21)20-16-12-14(4)17(15(5)13-16)22-11-8-2/h12-13H,7-11H2,1-6H3,(H,20,21)/t19-/m0/s1. The van der Waals surface area contributed by atoms with Gasteiger partial charge in [-0.05, 0) is 63.8 Å². The van der Waals surface area contributed by atoms with Gasteiger partial charge in [-0.15, -0.1) is 0 Å². The first kappa shape index (κ1) is 19.5. The zero-order valence-electron chi connectivity index (χ0n) is 15.4. The largest absolute Gasteiger partial charge is 0.493 e. The third-order valence-electron chi connectivity index (χ3n) is 3.84. The number of hydrogen-bond donors (Lipinski definition) is 1. The fourth-order valence-electron chi connectivity index (χ4n) is 2.76. The van der Waals surface area contributed by atoms with Crippen molar-refractivity contribution in [1.29, 1.82) is 0 Å². The summed E-state index contributed by atoms with van der Waals surface area (Å²) in [6.07, 6.45) is 2.56. The molecule has 0 aromatic heterocycles. The normalized spacial score (nSPS) is 13.5. The average molecular weight is 321 g/mol. The van der Waals surface area contributed by atoms with Crippen LogP contribution in [0.4, 0.5) is 5.69 Å². The lowest BCUT2D eigenvalue weighted by Crippen LogP contribution is -2.42. The molecule has 4 nitrogen and oxygen atoms in total. The molecule has 0 saturated heterocycles. The molecule has 1 rings (SSSR count). The molecule has 1 atom stereocenters. The second-order valence-corrected chi connectivity index (χ2v) is 6.16. The summed E-state index contributed by atoms with van der Waals surface area (Å²) in [7, 11) is 0. The minimum absolute atomic E-state index is 0.0952. The van der Waals surface area contributed by atoms with E-state index in [9.17, 15) is 4.79 Å². The van der Waals surface area contributed by atoms with Crippen LogP contribution in [0.1, 0.15) is 58.1 Å². The summed E-state index contributed by atoms with van der Waals surface area (Å²) in [4.78, 5) is 12.6. The molecule has 0 aliphatic carbocycles. The smallest absolute Gasteiger partial charge is 0.256 e. The number of amides is 1. The molecule has 130 valence electrons. The predicted octanol–water partition coefficient (Wildman–Crippen LogP) is 4.63. The van der Waals surface area contributed by atoms with Gasteiger partial charge in [-0.25, -0.2) is 0 Å². The fourth-order valence-corrected chi connectivity index (χ4v) is 2.76. The lowest BCUT2D eigenvalue weighted by molar-refractivity contribution is -0.139. The molecule has 1 aromatic carbocycles. The highest BCUT2D eigenvalue weighted by Gasteiger charge is 2.33. The molecule has 1 amide bonds. The minimum Gasteiger partial charge on any atom is -0.493 e. The monoisotopic (exact) mass is 321 g/mol. The summed E-state index contributed by atoms with van der Waals surface area (Å²) in [5.41, 5.74) is 2.06. The van der Waals surface area contributed by atoms with Gasteiger partial charge in [-0.1, -0.05) is 20.3 Å². The summed E-state index contributed by atoms with van der Waals surface area (Å²) >= 11 is 0.